The molecule has 4 aromatic rings. The van der Waals surface area contributed by atoms with Crippen LogP contribution in [0.25, 0.3) is 11.1 Å². The quantitative estimate of drug-likeness (QED) is 0.492. The normalized spacial score (nSPS) is 10.7. The number of rotatable bonds is 6. The molecule has 0 aliphatic heterocycles. The third kappa shape index (κ3) is 4.70. The van der Waals surface area contributed by atoms with Crippen molar-refractivity contribution in [2.75, 3.05) is 0 Å². The van der Waals surface area contributed by atoms with Gasteiger partial charge in [-0.25, -0.2) is 9.18 Å². The van der Waals surface area contributed by atoms with Gasteiger partial charge in [-0.15, -0.1) is 0 Å². The molecule has 1 amide bonds. The van der Waals surface area contributed by atoms with Gasteiger partial charge in [0.1, 0.15) is 11.5 Å². The van der Waals surface area contributed by atoms with Gasteiger partial charge in [0.15, 0.2) is 0 Å². The molecule has 0 spiro atoms. The summed E-state index contributed by atoms with van der Waals surface area (Å²) in [7, 11) is 0. The summed E-state index contributed by atoms with van der Waals surface area (Å²) >= 11 is 0. The Morgan fingerprint density at radius 2 is 1.78 bits per heavy atom. The first-order chi connectivity index (χ1) is 15.5. The van der Waals surface area contributed by atoms with Gasteiger partial charge >= 0.3 is 5.69 Å². The smallest absolute Gasteiger partial charge is 0.329 e. The fraction of sp³-hybridized carbons (Fsp3) is 0.0833. The van der Waals surface area contributed by atoms with E-state index in [9.17, 15) is 18.8 Å². The highest BCUT2D eigenvalue weighted by atomic mass is 19.1. The van der Waals surface area contributed by atoms with Crippen molar-refractivity contribution in [1.29, 1.82) is 0 Å². The van der Waals surface area contributed by atoms with Crippen molar-refractivity contribution in [1.82, 2.24) is 19.9 Å². The van der Waals surface area contributed by atoms with E-state index < -0.39 is 17.2 Å². The lowest BCUT2D eigenvalue weighted by Gasteiger charge is -2.11. The molecule has 0 fully saturated rings. The van der Waals surface area contributed by atoms with E-state index in [1.807, 2.05) is 18.2 Å². The van der Waals surface area contributed by atoms with Gasteiger partial charge in [0.25, 0.3) is 11.5 Å². The van der Waals surface area contributed by atoms with Gasteiger partial charge in [0.2, 0.25) is 0 Å². The summed E-state index contributed by atoms with van der Waals surface area (Å²) in [5.41, 5.74) is 1.68. The number of H-pyrrole nitrogens is 1. The van der Waals surface area contributed by atoms with E-state index >= 15 is 0 Å². The number of pyridine rings is 1. The topological polar surface area (TPSA) is 96.8 Å². The van der Waals surface area contributed by atoms with Gasteiger partial charge in [-0.2, -0.15) is 0 Å². The number of benzene rings is 2. The standard InChI is InChI=1S/C24H19FN4O3/c25-19-8-6-17(7-9-19)20-10-11-26-13-18(20)14-27-23(31)21-12-22(30)29(24(32)28-21)15-16-4-2-1-3-5-16/h1-13H,14-15H2,(H,27,31)(H,28,32). The molecule has 2 aromatic carbocycles. The summed E-state index contributed by atoms with van der Waals surface area (Å²) < 4.78 is 14.3. The second-order valence-corrected chi connectivity index (χ2v) is 7.12. The Labute approximate surface area is 182 Å². The molecule has 2 aromatic heterocycles. The van der Waals surface area contributed by atoms with Crippen LogP contribution in [-0.2, 0) is 13.1 Å². The minimum absolute atomic E-state index is 0.105. The first-order valence-electron chi connectivity index (χ1n) is 9.86. The zero-order chi connectivity index (χ0) is 22.5. The van der Waals surface area contributed by atoms with E-state index in [-0.39, 0.29) is 24.6 Å². The average molecular weight is 430 g/mol. The van der Waals surface area contributed by atoms with Crippen molar-refractivity contribution in [3.8, 4) is 11.1 Å². The highest BCUT2D eigenvalue weighted by Crippen LogP contribution is 2.23. The maximum Gasteiger partial charge on any atom is 0.329 e. The zero-order valence-electron chi connectivity index (χ0n) is 16.9. The van der Waals surface area contributed by atoms with Crippen LogP contribution in [0.4, 0.5) is 4.39 Å². The van der Waals surface area contributed by atoms with Gasteiger partial charge < -0.3 is 10.3 Å². The number of hydrogen-bond acceptors (Lipinski definition) is 4. The van der Waals surface area contributed by atoms with Crippen LogP contribution in [0.2, 0.25) is 0 Å². The molecule has 4 rings (SSSR count). The summed E-state index contributed by atoms with van der Waals surface area (Å²) in [5, 5.41) is 2.69. The van der Waals surface area contributed by atoms with Crippen LogP contribution in [0, 0.1) is 5.82 Å². The molecule has 0 atom stereocenters. The Balaban J connectivity index is 1.51. The van der Waals surface area contributed by atoms with Crippen molar-refractivity contribution in [2.45, 2.75) is 13.1 Å². The van der Waals surface area contributed by atoms with Crippen molar-refractivity contribution < 1.29 is 9.18 Å². The van der Waals surface area contributed by atoms with Gasteiger partial charge in [-0.1, -0.05) is 42.5 Å². The van der Waals surface area contributed by atoms with Crippen molar-refractivity contribution in [3.63, 3.8) is 0 Å². The predicted octanol–water partition coefficient (Wildman–Crippen LogP) is 2.72. The molecule has 8 heteroatoms. The molecule has 0 radical (unpaired) electrons. The molecule has 0 bridgehead atoms. The summed E-state index contributed by atoms with van der Waals surface area (Å²) in [6.07, 6.45) is 3.20. The Morgan fingerprint density at radius 1 is 1.03 bits per heavy atom. The lowest BCUT2D eigenvalue weighted by Crippen LogP contribution is -2.38. The Bertz CT molecular complexity index is 1330. The molecule has 0 unspecified atom stereocenters. The third-order valence-electron chi connectivity index (χ3n) is 4.95. The van der Waals surface area contributed by atoms with E-state index in [2.05, 4.69) is 15.3 Å². The number of hydrogen-bond donors (Lipinski definition) is 2. The van der Waals surface area contributed by atoms with Crippen LogP contribution in [0.1, 0.15) is 21.6 Å². The molecule has 2 heterocycles. The number of aromatic amines is 1. The minimum atomic E-state index is -0.667. The van der Waals surface area contributed by atoms with Crippen LogP contribution < -0.4 is 16.6 Å². The third-order valence-corrected chi connectivity index (χ3v) is 4.95. The lowest BCUT2D eigenvalue weighted by atomic mass is 10.0. The van der Waals surface area contributed by atoms with Crippen molar-refractivity contribution >= 4 is 5.91 Å². The highest BCUT2D eigenvalue weighted by molar-refractivity contribution is 5.92. The van der Waals surface area contributed by atoms with Crippen LogP contribution in [0.15, 0.2) is 88.7 Å². The SMILES string of the molecule is O=C(NCc1cnccc1-c1ccc(F)cc1)c1cc(=O)n(Cc2ccccc2)c(=O)[nH]1. The van der Waals surface area contributed by atoms with Gasteiger partial charge in [0.05, 0.1) is 6.54 Å². The molecule has 0 aliphatic carbocycles. The van der Waals surface area contributed by atoms with Crippen LogP contribution in [-0.4, -0.2) is 20.4 Å². The van der Waals surface area contributed by atoms with Gasteiger partial charge in [-0.05, 0) is 40.5 Å². The summed E-state index contributed by atoms with van der Waals surface area (Å²) in [6.45, 7) is 0.210. The number of amides is 1. The van der Waals surface area contributed by atoms with Gasteiger partial charge in [0, 0.05) is 25.0 Å². The first-order valence-corrected chi connectivity index (χ1v) is 9.86. The van der Waals surface area contributed by atoms with E-state index in [1.165, 1.54) is 12.1 Å². The van der Waals surface area contributed by atoms with Crippen LogP contribution in [0.3, 0.4) is 0 Å². The Morgan fingerprint density at radius 3 is 2.50 bits per heavy atom. The van der Waals surface area contributed by atoms with Crippen molar-refractivity contribution in [3.05, 3.63) is 123 Å². The lowest BCUT2D eigenvalue weighted by molar-refractivity contribution is 0.0945. The fourth-order valence-corrected chi connectivity index (χ4v) is 3.31. The molecule has 2 N–H and O–H groups in total. The molecule has 7 nitrogen and oxygen atoms in total. The predicted molar refractivity (Wildman–Crippen MR) is 118 cm³/mol. The first kappa shape index (κ1) is 20.9. The Kier molecular flexibility index (Phi) is 6.03. The van der Waals surface area contributed by atoms with Crippen LogP contribution >= 0.6 is 0 Å². The molecular formula is C24H19FN4O3. The second kappa shape index (κ2) is 9.22. The average Bonchev–Trinajstić information content (AvgIpc) is 2.81. The largest absolute Gasteiger partial charge is 0.347 e. The fourth-order valence-electron chi connectivity index (χ4n) is 3.31. The number of halogens is 1. The second-order valence-electron chi connectivity index (χ2n) is 7.12. The van der Waals surface area contributed by atoms with Gasteiger partial charge in [-0.3, -0.25) is 19.1 Å². The summed E-state index contributed by atoms with van der Waals surface area (Å²) in [5.74, 6) is -0.941. The number of nitrogens with zero attached hydrogens (tertiary/aromatic N) is 2. The molecule has 32 heavy (non-hydrogen) atoms. The summed E-state index contributed by atoms with van der Waals surface area (Å²) in [4.78, 5) is 44.0. The number of nitrogens with one attached hydrogen (secondary N) is 2. The zero-order valence-corrected chi connectivity index (χ0v) is 16.9. The summed E-state index contributed by atoms with van der Waals surface area (Å²) in [6, 6.07) is 17.9. The minimum Gasteiger partial charge on any atom is -0.347 e. The Hall–Kier alpha value is -4.33. The van der Waals surface area contributed by atoms with Crippen molar-refractivity contribution in [2.24, 2.45) is 0 Å². The van der Waals surface area contributed by atoms with E-state index in [0.717, 1.165) is 27.3 Å². The number of carbonyl (C=O) groups is 1. The molecule has 0 aliphatic rings. The highest BCUT2D eigenvalue weighted by Gasteiger charge is 2.13. The van der Waals surface area contributed by atoms with E-state index in [0.29, 0.717) is 5.56 Å². The molecular weight excluding hydrogens is 411 g/mol. The van der Waals surface area contributed by atoms with E-state index in [1.54, 1.807) is 42.7 Å². The maximum atomic E-state index is 13.2. The monoisotopic (exact) mass is 430 g/mol. The molecule has 160 valence electrons. The van der Waals surface area contributed by atoms with Crippen LogP contribution in [0.5, 0.6) is 0 Å². The van der Waals surface area contributed by atoms with E-state index in [4.69, 9.17) is 0 Å². The number of aromatic nitrogens is 3. The number of carbonyl (C=O) groups excluding carboxylic acids is 1. The molecule has 0 saturated heterocycles. The molecule has 0 saturated carbocycles. The maximum absolute atomic E-state index is 13.2.